The minimum Gasteiger partial charge on any atom is -0.219 e. The molecule has 0 aliphatic heterocycles. The summed E-state index contributed by atoms with van der Waals surface area (Å²) in [6.45, 7) is 1.71. The van der Waals surface area contributed by atoms with Gasteiger partial charge in [0.05, 0.1) is 14.7 Å². The molecular weight excluding hydrogens is 449 g/mol. The van der Waals surface area contributed by atoms with Gasteiger partial charge in [-0.2, -0.15) is 0 Å². The van der Waals surface area contributed by atoms with Crippen molar-refractivity contribution < 1.29 is 21.2 Å². The second kappa shape index (κ2) is 8.85. The van der Waals surface area contributed by atoms with Crippen LogP contribution >= 0.6 is 11.6 Å². The van der Waals surface area contributed by atoms with Gasteiger partial charge in [-0.15, -0.1) is 0 Å². The van der Waals surface area contributed by atoms with E-state index in [1.54, 1.807) is 25.1 Å². The monoisotopic (exact) mass is 467 g/mol. The van der Waals surface area contributed by atoms with Crippen LogP contribution in [0.25, 0.3) is 0 Å². The lowest BCUT2D eigenvalue weighted by molar-refractivity contribution is 0.580. The molecule has 0 bridgehead atoms. The van der Waals surface area contributed by atoms with Crippen LogP contribution in [0, 0.1) is 12.7 Å². The Balaban J connectivity index is 1.85. The summed E-state index contributed by atoms with van der Waals surface area (Å²) in [7, 11) is -7.95. The minimum absolute atomic E-state index is 0.120. The van der Waals surface area contributed by atoms with Gasteiger partial charge >= 0.3 is 0 Å². The molecule has 0 radical (unpaired) electrons. The van der Waals surface area contributed by atoms with Crippen molar-refractivity contribution in [2.75, 3.05) is 6.54 Å². The van der Waals surface area contributed by atoms with Crippen LogP contribution in [0.5, 0.6) is 0 Å². The second-order valence-electron chi connectivity index (χ2n) is 6.66. The molecule has 3 aromatic rings. The first kappa shape index (κ1) is 22.4. The third-order valence-electron chi connectivity index (χ3n) is 4.48. The van der Waals surface area contributed by atoms with Gasteiger partial charge in [-0.25, -0.2) is 25.9 Å². The van der Waals surface area contributed by atoms with Gasteiger partial charge in [0.2, 0.25) is 19.9 Å². The van der Waals surface area contributed by atoms with E-state index >= 15 is 0 Å². The highest BCUT2D eigenvalue weighted by Crippen LogP contribution is 2.25. The molecule has 1 N–H and O–H groups in total. The smallest absolute Gasteiger partial charge is 0.219 e. The fourth-order valence-corrected chi connectivity index (χ4v) is 5.76. The molecule has 0 saturated carbocycles. The first-order valence-corrected chi connectivity index (χ1v) is 12.3. The lowest BCUT2D eigenvalue weighted by atomic mass is 10.2. The van der Waals surface area contributed by atoms with Crippen molar-refractivity contribution in [1.82, 2.24) is 4.72 Å². The van der Waals surface area contributed by atoms with Crippen LogP contribution in [0.4, 0.5) is 4.39 Å². The van der Waals surface area contributed by atoms with E-state index in [-0.39, 0.29) is 21.2 Å². The van der Waals surface area contributed by atoms with Crippen molar-refractivity contribution in [3.05, 3.63) is 88.7 Å². The van der Waals surface area contributed by atoms with E-state index in [9.17, 15) is 21.2 Å². The highest BCUT2D eigenvalue weighted by Gasteiger charge is 2.23. The van der Waals surface area contributed by atoms with Crippen molar-refractivity contribution in [1.29, 1.82) is 0 Å². The average Bonchev–Trinajstić information content (AvgIpc) is 2.68. The standard InChI is InChI=1S/C21H19ClFNO4S2/c1-15-5-8-20(29(25,26)19-9-6-18(23)7-10-19)14-21(15)30(27,28)24-12-11-16-3-2-4-17(22)13-16/h2-10,13-14,24H,11-12H2,1H3. The van der Waals surface area contributed by atoms with Gasteiger partial charge in [0.1, 0.15) is 5.82 Å². The number of sulfone groups is 1. The van der Waals surface area contributed by atoms with E-state index in [2.05, 4.69) is 4.72 Å². The molecule has 0 aliphatic carbocycles. The number of sulfonamides is 1. The van der Waals surface area contributed by atoms with Gasteiger partial charge in [0, 0.05) is 11.6 Å². The van der Waals surface area contributed by atoms with Gasteiger partial charge in [-0.05, 0) is 73.0 Å². The molecule has 0 atom stereocenters. The maximum atomic E-state index is 13.1. The predicted molar refractivity (Wildman–Crippen MR) is 113 cm³/mol. The van der Waals surface area contributed by atoms with Crippen molar-refractivity contribution >= 4 is 31.5 Å². The first-order chi connectivity index (χ1) is 14.1. The summed E-state index contributed by atoms with van der Waals surface area (Å²) in [5, 5.41) is 0.560. The lowest BCUT2D eigenvalue weighted by Gasteiger charge is -2.12. The van der Waals surface area contributed by atoms with E-state index in [4.69, 9.17) is 11.6 Å². The lowest BCUT2D eigenvalue weighted by Crippen LogP contribution is -2.27. The van der Waals surface area contributed by atoms with E-state index in [0.29, 0.717) is 17.0 Å². The summed E-state index contributed by atoms with van der Waals surface area (Å²) < 4.78 is 66.8. The summed E-state index contributed by atoms with van der Waals surface area (Å²) in [6, 6.07) is 15.3. The third-order valence-corrected chi connectivity index (χ3v) is 8.08. The molecule has 5 nitrogen and oxygen atoms in total. The maximum absolute atomic E-state index is 13.1. The number of benzene rings is 3. The third kappa shape index (κ3) is 5.07. The summed E-state index contributed by atoms with van der Waals surface area (Å²) in [6.07, 6.45) is 0.423. The molecule has 3 aromatic carbocycles. The Morgan fingerprint density at radius 1 is 0.900 bits per heavy atom. The van der Waals surface area contributed by atoms with Crippen molar-refractivity contribution in [2.24, 2.45) is 0 Å². The normalized spacial score (nSPS) is 12.1. The number of aryl methyl sites for hydroxylation is 1. The number of rotatable bonds is 7. The topological polar surface area (TPSA) is 80.3 Å². The summed E-state index contributed by atoms with van der Waals surface area (Å²) in [5.41, 5.74) is 1.28. The first-order valence-electron chi connectivity index (χ1n) is 8.95. The Morgan fingerprint density at radius 3 is 2.23 bits per heavy atom. The van der Waals surface area contributed by atoms with Crippen molar-refractivity contribution in [2.45, 2.75) is 28.0 Å². The molecule has 9 heteroatoms. The molecule has 0 aliphatic rings. The van der Waals surface area contributed by atoms with Gasteiger partial charge in [0.15, 0.2) is 0 Å². The van der Waals surface area contributed by atoms with Crippen LogP contribution in [0.2, 0.25) is 5.02 Å². The van der Waals surface area contributed by atoms with Gasteiger partial charge in [-0.3, -0.25) is 0 Å². The van der Waals surface area contributed by atoms with Gasteiger partial charge in [0.25, 0.3) is 0 Å². The maximum Gasteiger partial charge on any atom is 0.240 e. The van der Waals surface area contributed by atoms with Crippen LogP contribution < -0.4 is 4.72 Å². The Labute approximate surface area is 180 Å². The summed E-state index contributed by atoms with van der Waals surface area (Å²) in [5.74, 6) is -0.565. The number of nitrogens with one attached hydrogen (secondary N) is 1. The molecule has 0 spiro atoms. The minimum atomic E-state index is -4.00. The molecule has 0 fully saturated rings. The van der Waals surface area contributed by atoms with Gasteiger partial charge in [-0.1, -0.05) is 29.8 Å². The fraction of sp³-hybridized carbons (Fsp3) is 0.143. The Hall–Kier alpha value is -2.26. The number of halogens is 2. The average molecular weight is 468 g/mol. The quantitative estimate of drug-likeness (QED) is 0.529. The Kier molecular flexibility index (Phi) is 6.62. The molecule has 0 aromatic heterocycles. The molecule has 0 amide bonds. The van der Waals surface area contributed by atoms with Crippen molar-refractivity contribution in [3.63, 3.8) is 0 Å². The Morgan fingerprint density at radius 2 is 1.57 bits per heavy atom. The van der Waals surface area contributed by atoms with Crippen LogP contribution in [-0.2, 0) is 26.3 Å². The number of hydrogen-bond donors (Lipinski definition) is 1. The molecule has 3 rings (SSSR count). The van der Waals surface area contributed by atoms with E-state index < -0.39 is 25.7 Å². The van der Waals surface area contributed by atoms with Crippen LogP contribution in [0.15, 0.2) is 81.4 Å². The van der Waals surface area contributed by atoms with E-state index in [1.807, 2.05) is 6.07 Å². The Bertz CT molecular complexity index is 1270. The zero-order chi connectivity index (χ0) is 21.9. The highest BCUT2D eigenvalue weighted by molar-refractivity contribution is 7.91. The molecule has 158 valence electrons. The van der Waals surface area contributed by atoms with Crippen LogP contribution in [0.1, 0.15) is 11.1 Å². The van der Waals surface area contributed by atoms with Crippen LogP contribution in [0.3, 0.4) is 0 Å². The fourth-order valence-electron chi connectivity index (χ4n) is 2.89. The number of hydrogen-bond acceptors (Lipinski definition) is 4. The summed E-state index contributed by atoms with van der Waals surface area (Å²) in [4.78, 5) is -0.434. The molecule has 0 saturated heterocycles. The zero-order valence-electron chi connectivity index (χ0n) is 16.0. The molecular formula is C21H19ClFNO4S2. The SMILES string of the molecule is Cc1ccc(S(=O)(=O)c2ccc(F)cc2)cc1S(=O)(=O)NCCc1cccc(Cl)c1. The second-order valence-corrected chi connectivity index (χ2v) is 10.8. The zero-order valence-corrected chi connectivity index (χ0v) is 18.4. The van der Waals surface area contributed by atoms with E-state index in [1.165, 1.54) is 12.1 Å². The van der Waals surface area contributed by atoms with Gasteiger partial charge < -0.3 is 0 Å². The van der Waals surface area contributed by atoms with Crippen molar-refractivity contribution in [3.8, 4) is 0 Å². The summed E-state index contributed by atoms with van der Waals surface area (Å²) >= 11 is 5.93. The molecule has 0 heterocycles. The van der Waals surface area contributed by atoms with E-state index in [0.717, 1.165) is 35.9 Å². The predicted octanol–water partition coefficient (Wildman–Crippen LogP) is 4.14. The molecule has 30 heavy (non-hydrogen) atoms. The van der Waals surface area contributed by atoms with Crippen LogP contribution in [-0.4, -0.2) is 23.4 Å². The highest BCUT2D eigenvalue weighted by atomic mass is 35.5. The molecule has 0 unspecified atom stereocenters. The largest absolute Gasteiger partial charge is 0.240 e.